The predicted molar refractivity (Wildman–Crippen MR) is 73.8 cm³/mol. The zero-order chi connectivity index (χ0) is 13.0. The van der Waals surface area contributed by atoms with Crippen LogP contribution in [0.2, 0.25) is 0 Å². The summed E-state index contributed by atoms with van der Waals surface area (Å²) >= 11 is 0. The summed E-state index contributed by atoms with van der Waals surface area (Å²) < 4.78 is 0. The van der Waals surface area contributed by atoms with E-state index in [-0.39, 0.29) is 6.61 Å². The maximum absolute atomic E-state index is 9.88. The van der Waals surface area contributed by atoms with Crippen LogP contribution in [0.3, 0.4) is 0 Å². The maximum Gasteiger partial charge on any atom is 0.0781 e. The van der Waals surface area contributed by atoms with Gasteiger partial charge in [-0.1, -0.05) is 31.0 Å². The van der Waals surface area contributed by atoms with Gasteiger partial charge < -0.3 is 15.1 Å². The van der Waals surface area contributed by atoms with E-state index in [0.29, 0.717) is 12.6 Å². The Labute approximate surface area is 109 Å². The smallest absolute Gasteiger partial charge is 0.0781 e. The molecule has 1 aromatic carbocycles. The molecule has 0 radical (unpaired) electrons. The molecule has 100 valence electrons. The van der Waals surface area contributed by atoms with Crippen LogP contribution in [-0.4, -0.2) is 29.4 Å². The average molecular weight is 249 g/mol. The molecule has 0 heterocycles. The Hall–Kier alpha value is -1.06. The zero-order valence-electron chi connectivity index (χ0n) is 11.0. The molecule has 0 spiro atoms. The molecule has 18 heavy (non-hydrogen) atoms. The molecule has 1 aliphatic carbocycles. The van der Waals surface area contributed by atoms with Gasteiger partial charge in [0.25, 0.3) is 0 Å². The van der Waals surface area contributed by atoms with E-state index in [1.54, 1.807) is 6.92 Å². The number of rotatable bonds is 5. The van der Waals surface area contributed by atoms with E-state index in [2.05, 4.69) is 11.0 Å². The summed E-state index contributed by atoms with van der Waals surface area (Å²) in [6.45, 7) is 2.60. The zero-order valence-corrected chi connectivity index (χ0v) is 11.0. The number of hydrogen-bond donors (Lipinski definition) is 2. The normalized spacial score (nSPS) is 17.9. The third-order valence-electron chi connectivity index (χ3n) is 3.80. The van der Waals surface area contributed by atoms with Crippen LogP contribution in [0.5, 0.6) is 0 Å². The number of hydrogen-bond acceptors (Lipinski definition) is 3. The number of aliphatic hydroxyl groups is 2. The van der Waals surface area contributed by atoms with Crippen LogP contribution < -0.4 is 4.90 Å². The molecule has 0 amide bonds. The summed E-state index contributed by atoms with van der Waals surface area (Å²) in [7, 11) is 0. The Bertz CT molecular complexity index is 373. The first kappa shape index (κ1) is 13.4. The number of benzene rings is 1. The van der Waals surface area contributed by atoms with Gasteiger partial charge in [-0.2, -0.15) is 0 Å². The van der Waals surface area contributed by atoms with Gasteiger partial charge in [0.1, 0.15) is 0 Å². The molecule has 0 saturated heterocycles. The summed E-state index contributed by atoms with van der Waals surface area (Å²) in [6, 6.07) is 8.49. The van der Waals surface area contributed by atoms with E-state index in [9.17, 15) is 10.2 Å². The molecule has 0 bridgehead atoms. The minimum Gasteiger partial charge on any atom is -0.395 e. The maximum atomic E-state index is 9.88. The Balaban J connectivity index is 2.29. The van der Waals surface area contributed by atoms with Crippen molar-refractivity contribution in [1.29, 1.82) is 0 Å². The molecule has 3 nitrogen and oxygen atoms in total. The molecule has 0 unspecified atom stereocenters. The lowest BCUT2D eigenvalue weighted by atomic mass is 10.0. The fraction of sp³-hybridized carbons (Fsp3) is 0.600. The Morgan fingerprint density at radius 1 is 1.28 bits per heavy atom. The van der Waals surface area contributed by atoms with Crippen molar-refractivity contribution in [3.63, 3.8) is 0 Å². The van der Waals surface area contributed by atoms with E-state index in [1.165, 1.54) is 25.7 Å². The number of para-hydroxylation sites is 1. The highest BCUT2D eigenvalue weighted by Crippen LogP contribution is 2.32. The van der Waals surface area contributed by atoms with Crippen molar-refractivity contribution in [3.05, 3.63) is 29.8 Å². The fourth-order valence-corrected chi connectivity index (χ4v) is 2.93. The second kappa shape index (κ2) is 6.21. The van der Waals surface area contributed by atoms with Crippen molar-refractivity contribution in [2.75, 3.05) is 18.1 Å². The first-order chi connectivity index (χ1) is 8.74. The second-order valence-corrected chi connectivity index (χ2v) is 5.09. The van der Waals surface area contributed by atoms with Crippen molar-refractivity contribution in [1.82, 2.24) is 0 Å². The molecule has 1 saturated carbocycles. The number of aliphatic hydroxyl groups excluding tert-OH is 2. The van der Waals surface area contributed by atoms with Gasteiger partial charge in [-0.05, 0) is 25.8 Å². The van der Waals surface area contributed by atoms with Crippen molar-refractivity contribution < 1.29 is 10.2 Å². The van der Waals surface area contributed by atoms with Crippen LogP contribution >= 0.6 is 0 Å². The first-order valence-corrected chi connectivity index (χ1v) is 6.88. The topological polar surface area (TPSA) is 43.7 Å². The van der Waals surface area contributed by atoms with Gasteiger partial charge in [0.05, 0.1) is 12.7 Å². The highest BCUT2D eigenvalue weighted by Gasteiger charge is 2.24. The van der Waals surface area contributed by atoms with Crippen molar-refractivity contribution >= 4 is 5.69 Å². The van der Waals surface area contributed by atoms with Gasteiger partial charge in [-0.25, -0.2) is 0 Å². The highest BCUT2D eigenvalue weighted by molar-refractivity contribution is 5.55. The molecule has 0 aliphatic heterocycles. The minimum absolute atomic E-state index is 0.157. The Kier molecular flexibility index (Phi) is 4.61. The van der Waals surface area contributed by atoms with Crippen molar-refractivity contribution in [2.24, 2.45) is 0 Å². The van der Waals surface area contributed by atoms with Gasteiger partial charge in [0.2, 0.25) is 0 Å². The quantitative estimate of drug-likeness (QED) is 0.842. The summed E-state index contributed by atoms with van der Waals surface area (Å²) in [5, 5.41) is 19.2. The number of anilines is 1. The van der Waals surface area contributed by atoms with Gasteiger partial charge in [0, 0.05) is 23.8 Å². The summed E-state index contributed by atoms with van der Waals surface area (Å²) in [5.74, 6) is 0. The molecule has 2 N–H and O–H groups in total. The van der Waals surface area contributed by atoms with Crippen LogP contribution in [0.4, 0.5) is 5.69 Å². The fourth-order valence-electron chi connectivity index (χ4n) is 2.93. The lowest BCUT2D eigenvalue weighted by Gasteiger charge is -2.33. The molecular weight excluding hydrogens is 226 g/mol. The molecule has 1 atom stereocenters. The summed E-state index contributed by atoms with van der Waals surface area (Å²) in [4.78, 5) is 2.27. The van der Waals surface area contributed by atoms with Gasteiger partial charge in [-0.15, -0.1) is 0 Å². The van der Waals surface area contributed by atoms with E-state index < -0.39 is 6.10 Å². The van der Waals surface area contributed by atoms with Crippen LogP contribution in [0, 0.1) is 0 Å². The molecule has 1 fully saturated rings. The molecule has 1 aromatic rings. The van der Waals surface area contributed by atoms with Gasteiger partial charge in [0.15, 0.2) is 0 Å². The number of nitrogens with zero attached hydrogens (tertiary/aromatic N) is 1. The van der Waals surface area contributed by atoms with Gasteiger partial charge in [-0.3, -0.25) is 0 Å². The standard InChI is InChI=1S/C15H23NO2/c1-12(18)14-8-4-5-9-15(14)16(10-11-17)13-6-2-3-7-13/h4-5,8-9,12-13,17-18H,2-3,6-7,10-11H2,1H3/t12-/m0/s1. The van der Waals surface area contributed by atoms with E-state index in [0.717, 1.165) is 11.3 Å². The van der Waals surface area contributed by atoms with Crippen LogP contribution in [0.15, 0.2) is 24.3 Å². The van der Waals surface area contributed by atoms with Crippen molar-refractivity contribution in [3.8, 4) is 0 Å². The lowest BCUT2D eigenvalue weighted by molar-refractivity contribution is 0.199. The first-order valence-electron chi connectivity index (χ1n) is 6.88. The average Bonchev–Trinajstić information content (AvgIpc) is 2.89. The highest BCUT2D eigenvalue weighted by atomic mass is 16.3. The van der Waals surface area contributed by atoms with Crippen LogP contribution in [-0.2, 0) is 0 Å². The summed E-state index contributed by atoms with van der Waals surface area (Å²) in [5.41, 5.74) is 2.03. The minimum atomic E-state index is -0.469. The van der Waals surface area contributed by atoms with Crippen molar-refractivity contribution in [2.45, 2.75) is 44.8 Å². The molecule has 0 aromatic heterocycles. The molecule has 2 rings (SSSR count). The van der Waals surface area contributed by atoms with Crippen LogP contribution in [0.1, 0.15) is 44.3 Å². The lowest BCUT2D eigenvalue weighted by Crippen LogP contribution is -2.36. The third kappa shape index (κ3) is 2.85. The van der Waals surface area contributed by atoms with E-state index in [1.807, 2.05) is 18.2 Å². The van der Waals surface area contributed by atoms with Crippen LogP contribution in [0.25, 0.3) is 0 Å². The Morgan fingerprint density at radius 3 is 2.56 bits per heavy atom. The van der Waals surface area contributed by atoms with Gasteiger partial charge >= 0.3 is 0 Å². The molecule has 3 heteroatoms. The SMILES string of the molecule is C[C@H](O)c1ccccc1N(CCO)C1CCCC1. The predicted octanol–water partition coefficient (Wildman–Crippen LogP) is 2.48. The second-order valence-electron chi connectivity index (χ2n) is 5.09. The van der Waals surface area contributed by atoms with E-state index >= 15 is 0 Å². The molecular formula is C15H23NO2. The Morgan fingerprint density at radius 2 is 1.94 bits per heavy atom. The van der Waals surface area contributed by atoms with E-state index in [4.69, 9.17) is 0 Å². The monoisotopic (exact) mass is 249 g/mol. The largest absolute Gasteiger partial charge is 0.395 e. The third-order valence-corrected chi connectivity index (χ3v) is 3.80. The summed E-state index contributed by atoms with van der Waals surface area (Å²) in [6.07, 6.45) is 4.44. The molecule has 1 aliphatic rings.